The number of fused-ring (bicyclic) bond motifs is 1. The molecule has 1 unspecified atom stereocenters. The number of carbonyl (C=O) groups is 1. The fourth-order valence-corrected chi connectivity index (χ4v) is 5.59. The van der Waals surface area contributed by atoms with Crippen LogP contribution in [-0.4, -0.2) is 59.1 Å². The van der Waals surface area contributed by atoms with Crippen LogP contribution in [0.25, 0.3) is 10.9 Å². The van der Waals surface area contributed by atoms with Crippen molar-refractivity contribution in [2.75, 3.05) is 18.8 Å². The van der Waals surface area contributed by atoms with Crippen molar-refractivity contribution in [2.45, 2.75) is 43.4 Å². The topological polar surface area (TPSA) is 133 Å². The van der Waals surface area contributed by atoms with Gasteiger partial charge in [0.05, 0.1) is 11.0 Å². The Bertz CT molecular complexity index is 1200. The standard InChI is InChI=1S/C22H29N5O4S/c1-15-8-12-27(14-19(15)28)22(29)18(9-13-26-11-3-6-21(26)23)25-32(30,31)20-5-2-4-17-16(20)7-10-24-17/h2-7,10-11,15,18-19,24-25,28H,8-9,12-14,23H2,1H3/t15-,18?,19-/m1/s1. The van der Waals surface area contributed by atoms with Crippen LogP contribution in [0, 0.1) is 5.92 Å². The number of nitrogens with one attached hydrogen (secondary N) is 2. The fourth-order valence-electron chi connectivity index (χ4n) is 4.14. The zero-order valence-electron chi connectivity index (χ0n) is 17.9. The second-order valence-electron chi connectivity index (χ2n) is 8.40. The van der Waals surface area contributed by atoms with E-state index in [9.17, 15) is 18.3 Å². The molecule has 1 aliphatic rings. The van der Waals surface area contributed by atoms with Crippen molar-refractivity contribution in [3.8, 4) is 0 Å². The zero-order valence-corrected chi connectivity index (χ0v) is 18.8. The first-order valence-corrected chi connectivity index (χ1v) is 12.2. The molecule has 10 heteroatoms. The largest absolute Gasteiger partial charge is 0.391 e. The number of piperidine rings is 1. The first-order valence-electron chi connectivity index (χ1n) is 10.7. The van der Waals surface area contributed by atoms with E-state index < -0.39 is 22.2 Å². The molecule has 3 atom stereocenters. The molecule has 1 aromatic carbocycles. The molecule has 1 fully saturated rings. The smallest absolute Gasteiger partial charge is 0.241 e. The molecule has 32 heavy (non-hydrogen) atoms. The predicted molar refractivity (Wildman–Crippen MR) is 122 cm³/mol. The molecule has 0 saturated carbocycles. The van der Waals surface area contributed by atoms with Gasteiger partial charge in [-0.1, -0.05) is 13.0 Å². The normalized spacial score (nSPS) is 20.5. The first kappa shape index (κ1) is 22.4. The van der Waals surface area contributed by atoms with Gasteiger partial charge in [-0.05, 0) is 49.1 Å². The second kappa shape index (κ2) is 8.97. The Morgan fingerprint density at radius 1 is 1.31 bits per heavy atom. The lowest BCUT2D eigenvalue weighted by Gasteiger charge is -2.36. The lowest BCUT2D eigenvalue weighted by Crippen LogP contribution is -2.53. The molecular formula is C22H29N5O4S. The third-order valence-corrected chi connectivity index (χ3v) is 7.72. The highest BCUT2D eigenvalue weighted by Crippen LogP contribution is 2.24. The van der Waals surface area contributed by atoms with Crippen molar-refractivity contribution in [3.05, 3.63) is 48.8 Å². The van der Waals surface area contributed by atoms with E-state index in [0.29, 0.717) is 36.2 Å². The van der Waals surface area contributed by atoms with E-state index in [2.05, 4.69) is 9.71 Å². The Hall–Kier alpha value is -2.82. The molecule has 4 rings (SSSR count). The minimum atomic E-state index is -3.99. The van der Waals surface area contributed by atoms with Crippen LogP contribution in [0.15, 0.2) is 53.7 Å². The Kier molecular flexibility index (Phi) is 6.27. The van der Waals surface area contributed by atoms with Gasteiger partial charge in [-0.3, -0.25) is 4.79 Å². The number of benzene rings is 1. The molecule has 5 N–H and O–H groups in total. The molecule has 1 aliphatic heterocycles. The van der Waals surface area contributed by atoms with Gasteiger partial charge in [0.2, 0.25) is 15.9 Å². The maximum absolute atomic E-state index is 13.4. The van der Waals surface area contributed by atoms with E-state index in [1.807, 2.05) is 6.92 Å². The van der Waals surface area contributed by atoms with Crippen LogP contribution in [0.3, 0.4) is 0 Å². The van der Waals surface area contributed by atoms with E-state index >= 15 is 0 Å². The number of nitrogens with zero attached hydrogens (tertiary/aromatic N) is 2. The van der Waals surface area contributed by atoms with Gasteiger partial charge < -0.3 is 25.3 Å². The average molecular weight is 460 g/mol. The summed E-state index contributed by atoms with van der Waals surface area (Å²) in [6.07, 6.45) is 3.73. The highest BCUT2D eigenvalue weighted by Gasteiger charge is 2.34. The van der Waals surface area contributed by atoms with Gasteiger partial charge in [0.1, 0.15) is 11.9 Å². The van der Waals surface area contributed by atoms with Crippen LogP contribution in [0.4, 0.5) is 5.82 Å². The van der Waals surface area contributed by atoms with E-state index in [-0.39, 0.29) is 29.7 Å². The van der Waals surface area contributed by atoms with Gasteiger partial charge in [0.15, 0.2) is 0 Å². The summed E-state index contributed by atoms with van der Waals surface area (Å²) in [5.41, 5.74) is 6.64. The van der Waals surface area contributed by atoms with Crippen LogP contribution in [0.1, 0.15) is 19.8 Å². The van der Waals surface area contributed by atoms with Crippen LogP contribution in [0.2, 0.25) is 0 Å². The molecule has 1 saturated heterocycles. The van der Waals surface area contributed by atoms with Crippen LogP contribution in [0.5, 0.6) is 0 Å². The number of nitrogen functional groups attached to an aromatic ring is 1. The van der Waals surface area contributed by atoms with Crippen LogP contribution >= 0.6 is 0 Å². The molecule has 3 aromatic rings. The number of hydrogen-bond donors (Lipinski definition) is 4. The van der Waals surface area contributed by atoms with Crippen LogP contribution in [-0.2, 0) is 21.4 Å². The van der Waals surface area contributed by atoms with E-state index in [1.165, 1.54) is 6.07 Å². The number of β-amino-alcohol motifs (C(OH)–C–C–N with tert-alkyl or cyclic N) is 1. The summed E-state index contributed by atoms with van der Waals surface area (Å²) in [7, 11) is -3.99. The minimum Gasteiger partial charge on any atom is -0.391 e. The lowest BCUT2D eigenvalue weighted by molar-refractivity contribution is -0.137. The first-order chi connectivity index (χ1) is 15.3. The zero-order chi connectivity index (χ0) is 22.9. The van der Waals surface area contributed by atoms with Crippen LogP contribution < -0.4 is 10.5 Å². The number of hydrogen-bond acceptors (Lipinski definition) is 5. The highest BCUT2D eigenvalue weighted by atomic mass is 32.2. The molecule has 172 valence electrons. The number of aromatic amines is 1. The number of aromatic nitrogens is 2. The van der Waals surface area contributed by atoms with Crippen molar-refractivity contribution in [3.63, 3.8) is 0 Å². The molecule has 1 amide bonds. The monoisotopic (exact) mass is 459 g/mol. The van der Waals surface area contributed by atoms with Gasteiger partial charge >= 0.3 is 0 Å². The summed E-state index contributed by atoms with van der Waals surface area (Å²) in [6, 6.07) is 9.23. The number of nitrogens with two attached hydrogens (primary N) is 1. The molecule has 0 radical (unpaired) electrons. The number of likely N-dealkylation sites (tertiary alicyclic amines) is 1. The third kappa shape index (κ3) is 4.52. The van der Waals surface area contributed by atoms with Crippen molar-refractivity contribution in [1.82, 2.24) is 19.2 Å². The van der Waals surface area contributed by atoms with Gasteiger partial charge in [0, 0.05) is 42.9 Å². The lowest BCUT2D eigenvalue weighted by atomic mass is 9.95. The second-order valence-corrected chi connectivity index (χ2v) is 10.1. The summed E-state index contributed by atoms with van der Waals surface area (Å²) >= 11 is 0. The number of rotatable bonds is 7. The Labute approximate surface area is 187 Å². The maximum atomic E-state index is 13.4. The summed E-state index contributed by atoms with van der Waals surface area (Å²) in [5.74, 6) is 0.296. The number of anilines is 1. The fraction of sp³-hybridized carbons (Fsp3) is 0.409. The molecule has 9 nitrogen and oxygen atoms in total. The Morgan fingerprint density at radius 2 is 2.12 bits per heavy atom. The number of carbonyl (C=O) groups excluding carboxylic acids is 1. The number of aliphatic hydroxyl groups is 1. The summed E-state index contributed by atoms with van der Waals surface area (Å²) < 4.78 is 31.0. The van der Waals surface area contributed by atoms with Crippen molar-refractivity contribution >= 4 is 32.7 Å². The molecule has 2 aromatic heterocycles. The quantitative estimate of drug-likeness (QED) is 0.425. The number of aryl methyl sites for hydroxylation is 1. The number of sulfonamides is 1. The molecule has 0 aliphatic carbocycles. The summed E-state index contributed by atoms with van der Waals surface area (Å²) in [4.78, 5) is 18.0. The predicted octanol–water partition coefficient (Wildman–Crippen LogP) is 1.52. The van der Waals surface area contributed by atoms with Crippen molar-refractivity contribution in [2.24, 2.45) is 5.92 Å². The SMILES string of the molecule is C[C@@H]1CCN(C(=O)C(CCn2cccc2N)NS(=O)(=O)c2cccc3[nH]ccc23)C[C@H]1O. The Balaban J connectivity index is 1.60. The van der Waals surface area contributed by atoms with Gasteiger partial charge in [0.25, 0.3) is 0 Å². The summed E-state index contributed by atoms with van der Waals surface area (Å²) in [6.45, 7) is 2.99. The van der Waals surface area contributed by atoms with Crippen molar-refractivity contribution in [1.29, 1.82) is 0 Å². The average Bonchev–Trinajstić information content (AvgIpc) is 3.41. The van der Waals surface area contributed by atoms with E-state index in [1.54, 1.807) is 52.2 Å². The van der Waals surface area contributed by atoms with Gasteiger partial charge in [-0.25, -0.2) is 8.42 Å². The molecule has 0 spiro atoms. The van der Waals surface area contributed by atoms with Gasteiger partial charge in [-0.15, -0.1) is 0 Å². The molecule has 0 bridgehead atoms. The molecule has 3 heterocycles. The van der Waals surface area contributed by atoms with Gasteiger partial charge in [-0.2, -0.15) is 4.72 Å². The number of aliphatic hydroxyl groups excluding tert-OH is 1. The Morgan fingerprint density at radius 3 is 2.84 bits per heavy atom. The highest BCUT2D eigenvalue weighted by molar-refractivity contribution is 7.89. The van der Waals surface area contributed by atoms with Crippen molar-refractivity contribution < 1.29 is 18.3 Å². The maximum Gasteiger partial charge on any atom is 0.241 e. The number of H-pyrrole nitrogens is 1. The summed E-state index contributed by atoms with van der Waals surface area (Å²) in [5, 5.41) is 10.8. The number of amides is 1. The van der Waals surface area contributed by atoms with E-state index in [0.717, 1.165) is 0 Å². The van der Waals surface area contributed by atoms with E-state index in [4.69, 9.17) is 5.73 Å². The molecular weight excluding hydrogens is 430 g/mol. The minimum absolute atomic E-state index is 0.0973. The third-order valence-electron chi connectivity index (χ3n) is 6.19.